The van der Waals surface area contributed by atoms with Crippen LogP contribution in [0.4, 0.5) is 5.69 Å². The highest BCUT2D eigenvalue weighted by molar-refractivity contribution is 5.82. The average Bonchev–Trinajstić information content (AvgIpc) is 2.88. The van der Waals surface area contributed by atoms with E-state index in [0.717, 1.165) is 50.2 Å². The summed E-state index contributed by atoms with van der Waals surface area (Å²) in [6, 6.07) is 19.3. The molecular weight excluding hydrogens is 458 g/mol. The van der Waals surface area contributed by atoms with Gasteiger partial charge >= 0.3 is 0 Å². The van der Waals surface area contributed by atoms with Crippen molar-refractivity contribution in [2.24, 2.45) is 5.92 Å². The molecule has 2 aromatic carbocycles. The Bertz CT molecular complexity index is 963. The molecule has 1 saturated heterocycles. The SMILES string of the molecule is CC(C)=CCN(c1ccc(OCc2ccccc2)cc1)C1CCN(C(=O)[C@H](CC(C)C)NC(C)C)CC1. The Labute approximate surface area is 224 Å². The molecular formula is C32H47N3O2. The lowest BCUT2D eigenvalue weighted by Gasteiger charge is -2.41. The molecule has 1 N–H and O–H groups in total. The Morgan fingerprint density at radius 1 is 1.03 bits per heavy atom. The zero-order chi connectivity index (χ0) is 26.8. The first kappa shape index (κ1) is 28.8. The van der Waals surface area contributed by atoms with Crippen molar-refractivity contribution in [3.05, 3.63) is 71.8 Å². The number of benzene rings is 2. The second-order valence-corrected chi connectivity index (χ2v) is 11.3. The van der Waals surface area contributed by atoms with Crippen molar-refractivity contribution >= 4 is 11.6 Å². The fourth-order valence-corrected chi connectivity index (χ4v) is 4.95. The minimum atomic E-state index is -0.0956. The van der Waals surface area contributed by atoms with Crippen LogP contribution in [-0.4, -0.2) is 48.6 Å². The maximum Gasteiger partial charge on any atom is 0.239 e. The number of anilines is 1. The van der Waals surface area contributed by atoms with Gasteiger partial charge in [0.2, 0.25) is 5.91 Å². The number of nitrogens with zero attached hydrogens (tertiary/aromatic N) is 2. The molecule has 0 bridgehead atoms. The van der Waals surface area contributed by atoms with E-state index in [-0.39, 0.29) is 11.9 Å². The molecule has 0 unspecified atom stereocenters. The zero-order valence-corrected chi connectivity index (χ0v) is 23.7. The van der Waals surface area contributed by atoms with Crippen molar-refractivity contribution in [3.63, 3.8) is 0 Å². The summed E-state index contributed by atoms with van der Waals surface area (Å²) >= 11 is 0. The summed E-state index contributed by atoms with van der Waals surface area (Å²) in [4.78, 5) is 17.9. The summed E-state index contributed by atoms with van der Waals surface area (Å²) in [5, 5.41) is 3.51. The van der Waals surface area contributed by atoms with Crippen LogP contribution in [0.15, 0.2) is 66.2 Å². The number of carbonyl (C=O) groups is 1. The smallest absolute Gasteiger partial charge is 0.239 e. The van der Waals surface area contributed by atoms with E-state index < -0.39 is 0 Å². The van der Waals surface area contributed by atoms with Gasteiger partial charge in [0.05, 0.1) is 6.04 Å². The van der Waals surface area contributed by atoms with Gasteiger partial charge in [-0.2, -0.15) is 0 Å². The number of likely N-dealkylation sites (tertiary alicyclic amines) is 1. The van der Waals surface area contributed by atoms with Gasteiger partial charge in [-0.1, -0.05) is 69.7 Å². The number of piperidine rings is 1. The number of hydrogen-bond acceptors (Lipinski definition) is 4. The van der Waals surface area contributed by atoms with E-state index in [1.54, 1.807) is 0 Å². The molecule has 0 saturated carbocycles. The molecule has 2 aromatic rings. The van der Waals surface area contributed by atoms with Crippen LogP contribution in [0.3, 0.4) is 0 Å². The van der Waals surface area contributed by atoms with E-state index >= 15 is 0 Å². The highest BCUT2D eigenvalue weighted by Crippen LogP contribution is 2.27. The van der Waals surface area contributed by atoms with Gasteiger partial charge in [-0.05, 0) is 68.9 Å². The number of nitrogens with one attached hydrogen (secondary N) is 1. The van der Waals surface area contributed by atoms with Gasteiger partial charge in [0, 0.05) is 37.4 Å². The van der Waals surface area contributed by atoms with Gasteiger partial charge in [-0.25, -0.2) is 0 Å². The zero-order valence-electron chi connectivity index (χ0n) is 23.7. The van der Waals surface area contributed by atoms with Crippen molar-refractivity contribution in [3.8, 4) is 5.75 Å². The lowest BCUT2D eigenvalue weighted by Crippen LogP contribution is -2.53. The lowest BCUT2D eigenvalue weighted by molar-refractivity contribution is -0.135. The van der Waals surface area contributed by atoms with Crippen LogP contribution in [0.1, 0.15) is 66.4 Å². The lowest BCUT2D eigenvalue weighted by atomic mass is 9.98. The number of ether oxygens (including phenoxy) is 1. The maximum atomic E-state index is 13.4. The highest BCUT2D eigenvalue weighted by Gasteiger charge is 2.31. The number of amides is 1. The minimum Gasteiger partial charge on any atom is -0.489 e. The number of allylic oxidation sites excluding steroid dienone is 1. The normalized spacial score (nSPS) is 15.1. The molecule has 5 heteroatoms. The summed E-state index contributed by atoms with van der Waals surface area (Å²) in [5.74, 6) is 1.62. The Hall–Kier alpha value is -2.79. The summed E-state index contributed by atoms with van der Waals surface area (Å²) < 4.78 is 6.01. The van der Waals surface area contributed by atoms with Crippen molar-refractivity contribution in [2.45, 2.75) is 85.5 Å². The quantitative estimate of drug-likeness (QED) is 0.337. The van der Waals surface area contributed by atoms with E-state index in [0.29, 0.717) is 24.6 Å². The molecule has 1 aliphatic heterocycles. The minimum absolute atomic E-state index is 0.0956. The van der Waals surface area contributed by atoms with Crippen molar-refractivity contribution in [2.75, 3.05) is 24.5 Å². The molecule has 3 rings (SSSR count). The molecule has 1 aliphatic rings. The second kappa shape index (κ2) is 14.2. The monoisotopic (exact) mass is 505 g/mol. The summed E-state index contributed by atoms with van der Waals surface area (Å²) in [7, 11) is 0. The van der Waals surface area contributed by atoms with Crippen LogP contribution >= 0.6 is 0 Å². The predicted molar refractivity (Wildman–Crippen MR) is 155 cm³/mol. The van der Waals surface area contributed by atoms with Crippen LogP contribution in [0, 0.1) is 5.92 Å². The molecule has 0 radical (unpaired) electrons. The van der Waals surface area contributed by atoms with Crippen molar-refractivity contribution in [1.82, 2.24) is 10.2 Å². The summed E-state index contributed by atoms with van der Waals surface area (Å²) in [5.41, 5.74) is 3.68. The third-order valence-corrected chi connectivity index (χ3v) is 6.87. The Morgan fingerprint density at radius 2 is 1.68 bits per heavy atom. The first-order valence-corrected chi connectivity index (χ1v) is 13.9. The molecule has 0 aliphatic carbocycles. The van der Waals surface area contributed by atoms with Gasteiger partial charge in [0.25, 0.3) is 0 Å². The second-order valence-electron chi connectivity index (χ2n) is 11.3. The van der Waals surface area contributed by atoms with Crippen molar-refractivity contribution in [1.29, 1.82) is 0 Å². The number of rotatable bonds is 12. The summed E-state index contributed by atoms with van der Waals surface area (Å²) in [6.07, 6.45) is 5.13. The van der Waals surface area contributed by atoms with E-state index in [4.69, 9.17) is 4.74 Å². The molecule has 37 heavy (non-hydrogen) atoms. The molecule has 1 amide bonds. The predicted octanol–water partition coefficient (Wildman–Crippen LogP) is 6.44. The van der Waals surface area contributed by atoms with Gasteiger partial charge in [0.1, 0.15) is 12.4 Å². The Balaban J connectivity index is 1.64. The van der Waals surface area contributed by atoms with Crippen LogP contribution in [-0.2, 0) is 11.4 Å². The molecule has 0 spiro atoms. The highest BCUT2D eigenvalue weighted by atomic mass is 16.5. The third kappa shape index (κ3) is 9.23. The van der Waals surface area contributed by atoms with Gasteiger partial charge < -0.3 is 19.9 Å². The first-order chi connectivity index (χ1) is 17.7. The molecule has 202 valence electrons. The molecule has 1 fully saturated rings. The average molecular weight is 506 g/mol. The maximum absolute atomic E-state index is 13.4. The fraction of sp³-hybridized carbons (Fsp3) is 0.531. The Kier molecular flexibility index (Phi) is 11.1. The fourth-order valence-electron chi connectivity index (χ4n) is 4.95. The van der Waals surface area contributed by atoms with E-state index in [1.807, 2.05) is 18.2 Å². The van der Waals surface area contributed by atoms with Crippen LogP contribution in [0.5, 0.6) is 5.75 Å². The third-order valence-electron chi connectivity index (χ3n) is 6.87. The molecule has 5 nitrogen and oxygen atoms in total. The molecule has 1 heterocycles. The molecule has 0 aromatic heterocycles. The standard InChI is InChI=1S/C32H47N3O2/c1-24(2)16-21-35(28-12-14-30(15-13-28)37-23-27-10-8-7-9-11-27)29-17-19-34(20-18-29)32(36)31(22-25(3)4)33-26(5)6/h7-16,25-26,29,31,33H,17-23H2,1-6H3/t31-/m0/s1. The van der Waals surface area contributed by atoms with Crippen LogP contribution < -0.4 is 15.0 Å². The largest absolute Gasteiger partial charge is 0.489 e. The van der Waals surface area contributed by atoms with Gasteiger partial charge in [-0.15, -0.1) is 0 Å². The first-order valence-electron chi connectivity index (χ1n) is 13.9. The van der Waals surface area contributed by atoms with E-state index in [2.05, 4.69) is 99.1 Å². The van der Waals surface area contributed by atoms with E-state index in [1.165, 1.54) is 11.3 Å². The van der Waals surface area contributed by atoms with Gasteiger partial charge in [0.15, 0.2) is 0 Å². The number of carbonyl (C=O) groups excluding carboxylic acids is 1. The van der Waals surface area contributed by atoms with Crippen LogP contribution in [0.2, 0.25) is 0 Å². The van der Waals surface area contributed by atoms with E-state index in [9.17, 15) is 4.79 Å². The van der Waals surface area contributed by atoms with Crippen LogP contribution in [0.25, 0.3) is 0 Å². The van der Waals surface area contributed by atoms with Gasteiger partial charge in [-0.3, -0.25) is 4.79 Å². The Morgan fingerprint density at radius 3 is 2.24 bits per heavy atom. The molecule has 1 atom stereocenters. The summed E-state index contributed by atoms with van der Waals surface area (Å²) in [6.45, 7) is 16.0. The topological polar surface area (TPSA) is 44.8 Å². The van der Waals surface area contributed by atoms with Crippen molar-refractivity contribution < 1.29 is 9.53 Å². The number of hydrogen-bond donors (Lipinski definition) is 1.